The molecule has 2 aromatic carbocycles. The summed E-state index contributed by atoms with van der Waals surface area (Å²) >= 11 is 5.84. The Hall–Kier alpha value is -3.27. The van der Waals surface area contributed by atoms with E-state index < -0.39 is 15.9 Å². The number of pyridine rings is 1. The summed E-state index contributed by atoms with van der Waals surface area (Å²) in [5, 5.41) is 12.4. The molecular weight excluding hydrogens is 454 g/mol. The molecule has 0 fully saturated rings. The summed E-state index contributed by atoms with van der Waals surface area (Å²) in [7, 11) is -4.14. The summed E-state index contributed by atoms with van der Waals surface area (Å²) in [5.41, 5.74) is 1.69. The van der Waals surface area contributed by atoms with Crippen LogP contribution in [0.25, 0.3) is 0 Å². The van der Waals surface area contributed by atoms with Crippen LogP contribution in [0.2, 0.25) is 5.02 Å². The summed E-state index contributed by atoms with van der Waals surface area (Å²) in [5.74, 6) is -1.20. The van der Waals surface area contributed by atoms with Crippen LogP contribution in [0, 0.1) is 0 Å². The van der Waals surface area contributed by atoms with Gasteiger partial charge in [-0.3, -0.25) is 14.6 Å². The maximum atomic E-state index is 12.5. The summed E-state index contributed by atoms with van der Waals surface area (Å²) in [6.45, 7) is 0.112. The first-order valence-electron chi connectivity index (χ1n) is 9.54. The van der Waals surface area contributed by atoms with Gasteiger partial charge in [0.2, 0.25) is 0 Å². The molecule has 0 unspecified atom stereocenters. The smallest absolute Gasteiger partial charge is 0.266 e. The summed E-state index contributed by atoms with van der Waals surface area (Å²) in [4.78, 5) is 28.2. The zero-order valence-electron chi connectivity index (χ0n) is 16.8. The number of carbonyl (C=O) groups excluding carboxylic acids is 2. The van der Waals surface area contributed by atoms with Crippen LogP contribution in [0.5, 0.6) is 0 Å². The maximum Gasteiger partial charge on any atom is 0.266 e. The first kappa shape index (κ1) is 23.4. The summed E-state index contributed by atoms with van der Waals surface area (Å²) < 4.78 is 26.9. The van der Waals surface area contributed by atoms with Gasteiger partial charge in [0.15, 0.2) is 0 Å². The van der Waals surface area contributed by atoms with Crippen molar-refractivity contribution in [3.8, 4) is 0 Å². The second kappa shape index (κ2) is 10.4. The molecule has 3 N–H and O–H groups in total. The number of nitrogens with one attached hydrogen (secondary N) is 2. The Bertz CT molecular complexity index is 1200. The Kier molecular flexibility index (Phi) is 7.57. The van der Waals surface area contributed by atoms with Crippen LogP contribution in [0.4, 0.5) is 0 Å². The van der Waals surface area contributed by atoms with Crippen LogP contribution in [-0.2, 0) is 23.1 Å². The number of sulfonamides is 1. The van der Waals surface area contributed by atoms with Gasteiger partial charge in [-0.1, -0.05) is 23.7 Å². The number of rotatable bonds is 8. The minimum atomic E-state index is -4.14. The molecule has 0 aliphatic carbocycles. The number of nitrogens with zero attached hydrogens (tertiary/aromatic N) is 1. The van der Waals surface area contributed by atoms with Crippen molar-refractivity contribution in [2.75, 3.05) is 6.54 Å². The van der Waals surface area contributed by atoms with E-state index >= 15 is 0 Å². The van der Waals surface area contributed by atoms with Crippen molar-refractivity contribution in [2.24, 2.45) is 0 Å². The van der Waals surface area contributed by atoms with Crippen LogP contribution in [0.1, 0.15) is 32.0 Å². The molecule has 0 aliphatic rings. The number of carbonyl (C=O) groups is 2. The van der Waals surface area contributed by atoms with Crippen molar-refractivity contribution < 1.29 is 23.1 Å². The Morgan fingerprint density at radius 2 is 1.56 bits per heavy atom. The fourth-order valence-electron chi connectivity index (χ4n) is 2.75. The molecule has 0 spiro atoms. The van der Waals surface area contributed by atoms with Crippen LogP contribution in [0.15, 0.2) is 71.8 Å². The first-order valence-corrected chi connectivity index (χ1v) is 11.4. The lowest BCUT2D eigenvalue weighted by atomic mass is 10.1. The van der Waals surface area contributed by atoms with E-state index in [1.165, 1.54) is 42.6 Å². The van der Waals surface area contributed by atoms with E-state index in [1.54, 1.807) is 12.1 Å². The first-order chi connectivity index (χ1) is 15.3. The summed E-state index contributed by atoms with van der Waals surface area (Å²) in [6, 6.07) is 15.3. The highest BCUT2D eigenvalue weighted by Gasteiger charge is 2.19. The fourth-order valence-corrected chi connectivity index (χ4v) is 3.85. The monoisotopic (exact) mass is 473 g/mol. The number of amides is 2. The van der Waals surface area contributed by atoms with Crippen LogP contribution < -0.4 is 10.0 Å². The fraction of sp³-hybridized carbons (Fsp3) is 0.136. The highest BCUT2D eigenvalue weighted by molar-refractivity contribution is 7.90. The Morgan fingerprint density at radius 3 is 2.16 bits per heavy atom. The van der Waals surface area contributed by atoms with Crippen molar-refractivity contribution >= 4 is 33.4 Å². The second-order valence-electron chi connectivity index (χ2n) is 6.79. The topological polar surface area (TPSA) is 125 Å². The van der Waals surface area contributed by atoms with E-state index in [0.29, 0.717) is 23.7 Å². The number of halogens is 1. The van der Waals surface area contributed by atoms with Crippen LogP contribution >= 0.6 is 11.6 Å². The number of aliphatic hydroxyl groups excluding tert-OH is 1. The molecule has 0 aliphatic heterocycles. The number of aliphatic hydroxyl groups is 1. The van der Waals surface area contributed by atoms with E-state index in [1.807, 2.05) is 16.9 Å². The molecule has 32 heavy (non-hydrogen) atoms. The predicted molar refractivity (Wildman–Crippen MR) is 119 cm³/mol. The number of hydrogen-bond donors (Lipinski definition) is 3. The van der Waals surface area contributed by atoms with Crippen molar-refractivity contribution in [3.05, 3.63) is 94.3 Å². The Labute approximate surface area is 190 Å². The molecule has 1 heterocycles. The quantitative estimate of drug-likeness (QED) is 0.461. The van der Waals surface area contributed by atoms with E-state index in [4.69, 9.17) is 16.7 Å². The molecule has 3 aromatic rings. The lowest BCUT2D eigenvalue weighted by molar-refractivity contribution is 0.0951. The lowest BCUT2D eigenvalue weighted by Crippen LogP contribution is -2.31. The molecule has 0 atom stereocenters. The van der Waals surface area contributed by atoms with Gasteiger partial charge in [0.05, 0.1) is 22.8 Å². The van der Waals surface area contributed by atoms with Gasteiger partial charge >= 0.3 is 0 Å². The largest absolute Gasteiger partial charge is 0.390 e. The SMILES string of the molecule is O=C(NCCc1ccc(Cl)cc1)c1ccc(S(=O)(=O)NC(=O)c2ccc(CO)nc2)cc1. The van der Waals surface area contributed by atoms with Gasteiger partial charge in [-0.05, 0) is 60.5 Å². The third-order valence-electron chi connectivity index (χ3n) is 4.52. The molecular formula is C22H20ClN3O5S. The van der Waals surface area contributed by atoms with Crippen LogP contribution in [0.3, 0.4) is 0 Å². The molecule has 166 valence electrons. The Balaban J connectivity index is 1.58. The lowest BCUT2D eigenvalue weighted by Gasteiger charge is -2.09. The molecule has 1 aromatic heterocycles. The van der Waals surface area contributed by atoms with Crippen molar-refractivity contribution in [2.45, 2.75) is 17.9 Å². The van der Waals surface area contributed by atoms with E-state index in [2.05, 4.69) is 10.3 Å². The van der Waals surface area contributed by atoms with E-state index in [9.17, 15) is 18.0 Å². The zero-order valence-corrected chi connectivity index (χ0v) is 18.4. The minimum Gasteiger partial charge on any atom is -0.390 e. The van der Waals surface area contributed by atoms with Gasteiger partial charge < -0.3 is 10.4 Å². The van der Waals surface area contributed by atoms with Gasteiger partial charge in [-0.25, -0.2) is 13.1 Å². The molecule has 0 saturated carbocycles. The average molecular weight is 474 g/mol. The zero-order chi connectivity index (χ0) is 23.1. The maximum absolute atomic E-state index is 12.5. The molecule has 2 amide bonds. The van der Waals surface area contributed by atoms with E-state index in [-0.39, 0.29) is 28.5 Å². The van der Waals surface area contributed by atoms with Gasteiger partial charge in [0, 0.05) is 23.3 Å². The Morgan fingerprint density at radius 1 is 0.906 bits per heavy atom. The third-order valence-corrected chi connectivity index (χ3v) is 6.11. The standard InChI is InChI=1S/C22H20ClN3O5S/c23-18-6-1-15(2-7-18)11-12-24-21(28)16-4-9-20(10-5-16)32(30,31)26-22(29)17-3-8-19(14-27)25-13-17/h1-10,13,27H,11-12,14H2,(H,24,28)(H,26,29). The molecule has 8 nitrogen and oxygen atoms in total. The number of benzene rings is 2. The van der Waals surface area contributed by atoms with Crippen LogP contribution in [-0.4, -0.2) is 36.9 Å². The normalized spacial score (nSPS) is 11.1. The van der Waals surface area contributed by atoms with E-state index in [0.717, 1.165) is 5.56 Å². The molecule has 0 saturated heterocycles. The van der Waals surface area contributed by atoms with Gasteiger partial charge in [0.1, 0.15) is 0 Å². The second-order valence-corrected chi connectivity index (χ2v) is 8.91. The van der Waals surface area contributed by atoms with Crippen molar-refractivity contribution in [1.82, 2.24) is 15.0 Å². The molecule has 3 rings (SSSR count). The number of aromatic nitrogens is 1. The van der Waals surface area contributed by atoms with Gasteiger partial charge in [-0.15, -0.1) is 0 Å². The third kappa shape index (κ3) is 6.13. The van der Waals surface area contributed by atoms with Gasteiger partial charge in [0.25, 0.3) is 21.8 Å². The average Bonchev–Trinajstić information content (AvgIpc) is 2.80. The van der Waals surface area contributed by atoms with Gasteiger partial charge in [-0.2, -0.15) is 0 Å². The highest BCUT2D eigenvalue weighted by atomic mass is 35.5. The molecule has 0 radical (unpaired) electrons. The summed E-state index contributed by atoms with van der Waals surface area (Å²) in [6.07, 6.45) is 1.80. The molecule has 0 bridgehead atoms. The van der Waals surface area contributed by atoms with Crippen molar-refractivity contribution in [1.29, 1.82) is 0 Å². The predicted octanol–water partition coefficient (Wildman–Crippen LogP) is 2.32. The van der Waals surface area contributed by atoms with Crippen molar-refractivity contribution in [3.63, 3.8) is 0 Å². The molecule has 10 heteroatoms. The minimum absolute atomic E-state index is 0.0301. The highest BCUT2D eigenvalue weighted by Crippen LogP contribution is 2.12. The number of hydrogen-bond acceptors (Lipinski definition) is 6.